The molecule has 3 aromatic heterocycles. The van der Waals surface area contributed by atoms with Crippen LogP contribution in [0.15, 0.2) is 65.6 Å². The second-order valence-corrected chi connectivity index (χ2v) is 5.95. The van der Waals surface area contributed by atoms with Gasteiger partial charge in [-0.3, -0.25) is 4.68 Å². The standard InChI is InChI=1S/C19H18N6O/c1-14-23-19(26-24-14)17-7-8-18(21-12-17)20-11-15-3-5-16(6-4-15)13-25-10-2-9-22-25/h2-10,12H,11,13H2,1H3,(H,20,21). The van der Waals surface area contributed by atoms with Crippen molar-refractivity contribution in [1.29, 1.82) is 0 Å². The van der Waals surface area contributed by atoms with Crippen molar-refractivity contribution in [3.05, 3.63) is 78.0 Å². The van der Waals surface area contributed by atoms with E-state index in [-0.39, 0.29) is 0 Å². The molecule has 0 amide bonds. The molecule has 0 spiro atoms. The maximum atomic E-state index is 5.14. The highest BCUT2D eigenvalue weighted by molar-refractivity contribution is 5.54. The molecule has 0 fully saturated rings. The molecule has 7 nitrogen and oxygen atoms in total. The molecule has 4 aromatic rings. The Hall–Kier alpha value is -3.48. The summed E-state index contributed by atoms with van der Waals surface area (Å²) in [6.07, 6.45) is 5.47. The van der Waals surface area contributed by atoms with Crippen LogP contribution in [0.4, 0.5) is 5.82 Å². The van der Waals surface area contributed by atoms with Gasteiger partial charge in [-0.05, 0) is 36.2 Å². The van der Waals surface area contributed by atoms with Crippen LogP contribution in [0.3, 0.4) is 0 Å². The van der Waals surface area contributed by atoms with Crippen LogP contribution in [0.2, 0.25) is 0 Å². The molecule has 0 radical (unpaired) electrons. The van der Waals surface area contributed by atoms with E-state index in [2.05, 4.69) is 49.8 Å². The summed E-state index contributed by atoms with van der Waals surface area (Å²) < 4.78 is 7.05. The van der Waals surface area contributed by atoms with Crippen molar-refractivity contribution >= 4 is 5.82 Å². The van der Waals surface area contributed by atoms with E-state index in [1.807, 2.05) is 29.1 Å². The van der Waals surface area contributed by atoms with Gasteiger partial charge >= 0.3 is 0 Å². The van der Waals surface area contributed by atoms with Crippen LogP contribution in [0.5, 0.6) is 0 Å². The molecule has 0 atom stereocenters. The number of rotatable bonds is 6. The van der Waals surface area contributed by atoms with Crippen LogP contribution < -0.4 is 5.32 Å². The molecule has 130 valence electrons. The third kappa shape index (κ3) is 3.77. The Kier molecular flexibility index (Phi) is 4.42. The molecule has 0 bridgehead atoms. The molecular formula is C19H18N6O. The SMILES string of the molecule is Cc1noc(-c2ccc(NCc3ccc(Cn4cccn4)cc3)nc2)n1. The highest BCUT2D eigenvalue weighted by atomic mass is 16.5. The van der Waals surface area contributed by atoms with E-state index in [0.29, 0.717) is 18.3 Å². The Morgan fingerprint density at radius 2 is 1.92 bits per heavy atom. The molecule has 1 N–H and O–H groups in total. The third-order valence-electron chi connectivity index (χ3n) is 3.94. The molecule has 3 heterocycles. The van der Waals surface area contributed by atoms with Crippen molar-refractivity contribution in [2.75, 3.05) is 5.32 Å². The monoisotopic (exact) mass is 346 g/mol. The second-order valence-electron chi connectivity index (χ2n) is 5.95. The Morgan fingerprint density at radius 1 is 1.08 bits per heavy atom. The van der Waals surface area contributed by atoms with E-state index in [4.69, 9.17) is 4.52 Å². The molecule has 0 aliphatic carbocycles. The quantitative estimate of drug-likeness (QED) is 0.577. The normalized spacial score (nSPS) is 10.8. The van der Waals surface area contributed by atoms with Gasteiger partial charge in [0.25, 0.3) is 5.89 Å². The molecule has 7 heteroatoms. The third-order valence-corrected chi connectivity index (χ3v) is 3.94. The number of anilines is 1. The summed E-state index contributed by atoms with van der Waals surface area (Å²) in [6, 6.07) is 14.2. The zero-order valence-electron chi connectivity index (χ0n) is 14.3. The van der Waals surface area contributed by atoms with Gasteiger partial charge in [-0.2, -0.15) is 10.1 Å². The largest absolute Gasteiger partial charge is 0.366 e. The fraction of sp³-hybridized carbons (Fsp3) is 0.158. The van der Waals surface area contributed by atoms with Gasteiger partial charge in [0.05, 0.1) is 12.1 Å². The van der Waals surface area contributed by atoms with E-state index in [1.165, 1.54) is 11.1 Å². The molecule has 0 saturated heterocycles. The van der Waals surface area contributed by atoms with Gasteiger partial charge in [-0.25, -0.2) is 4.98 Å². The summed E-state index contributed by atoms with van der Waals surface area (Å²) in [6.45, 7) is 3.27. The molecular weight excluding hydrogens is 328 g/mol. The minimum absolute atomic E-state index is 0.481. The summed E-state index contributed by atoms with van der Waals surface area (Å²) in [7, 11) is 0. The number of benzene rings is 1. The van der Waals surface area contributed by atoms with Gasteiger partial charge in [-0.15, -0.1) is 0 Å². The fourth-order valence-electron chi connectivity index (χ4n) is 2.58. The first-order chi connectivity index (χ1) is 12.8. The first kappa shape index (κ1) is 16.0. The van der Waals surface area contributed by atoms with Gasteiger partial charge in [-0.1, -0.05) is 29.4 Å². The summed E-state index contributed by atoms with van der Waals surface area (Å²) >= 11 is 0. The first-order valence-electron chi connectivity index (χ1n) is 8.32. The summed E-state index contributed by atoms with van der Waals surface area (Å²) in [5.41, 5.74) is 3.21. The number of hydrogen-bond acceptors (Lipinski definition) is 6. The van der Waals surface area contributed by atoms with Gasteiger partial charge in [0, 0.05) is 25.1 Å². The highest BCUT2D eigenvalue weighted by Gasteiger charge is 2.06. The van der Waals surface area contributed by atoms with Gasteiger partial charge in [0.1, 0.15) is 5.82 Å². The van der Waals surface area contributed by atoms with E-state index in [9.17, 15) is 0 Å². The van der Waals surface area contributed by atoms with Crippen LogP contribution in [0.25, 0.3) is 11.5 Å². The molecule has 0 saturated carbocycles. The lowest BCUT2D eigenvalue weighted by atomic mass is 10.1. The average Bonchev–Trinajstić information content (AvgIpc) is 3.33. The number of aromatic nitrogens is 5. The number of nitrogens with one attached hydrogen (secondary N) is 1. The molecule has 1 aromatic carbocycles. The van der Waals surface area contributed by atoms with Crippen molar-refractivity contribution < 1.29 is 4.52 Å². The predicted octanol–water partition coefficient (Wildman–Crippen LogP) is 3.30. The van der Waals surface area contributed by atoms with E-state index in [1.54, 1.807) is 19.3 Å². The molecule has 26 heavy (non-hydrogen) atoms. The van der Waals surface area contributed by atoms with Crippen LogP contribution in [0, 0.1) is 6.92 Å². The summed E-state index contributed by atoms with van der Waals surface area (Å²) in [5, 5.41) is 11.3. The van der Waals surface area contributed by atoms with Crippen LogP contribution in [0.1, 0.15) is 17.0 Å². The maximum Gasteiger partial charge on any atom is 0.259 e. The lowest BCUT2D eigenvalue weighted by Crippen LogP contribution is -2.03. The topological polar surface area (TPSA) is 81.7 Å². The Labute approximate surface area is 150 Å². The van der Waals surface area contributed by atoms with Crippen molar-refractivity contribution in [3.8, 4) is 11.5 Å². The number of pyridine rings is 1. The zero-order chi connectivity index (χ0) is 17.8. The Bertz CT molecular complexity index is 958. The average molecular weight is 346 g/mol. The van der Waals surface area contributed by atoms with Gasteiger partial charge < -0.3 is 9.84 Å². The molecule has 4 rings (SSSR count). The smallest absolute Gasteiger partial charge is 0.259 e. The van der Waals surface area contributed by atoms with Crippen LogP contribution in [-0.2, 0) is 13.1 Å². The van der Waals surface area contributed by atoms with Crippen LogP contribution >= 0.6 is 0 Å². The summed E-state index contributed by atoms with van der Waals surface area (Å²) in [4.78, 5) is 8.59. The lowest BCUT2D eigenvalue weighted by Gasteiger charge is -2.07. The fourth-order valence-corrected chi connectivity index (χ4v) is 2.58. The van der Waals surface area contributed by atoms with E-state index >= 15 is 0 Å². The second kappa shape index (κ2) is 7.18. The zero-order valence-corrected chi connectivity index (χ0v) is 14.3. The molecule has 0 unspecified atom stereocenters. The first-order valence-corrected chi connectivity index (χ1v) is 8.32. The Balaban J connectivity index is 1.35. The highest BCUT2D eigenvalue weighted by Crippen LogP contribution is 2.17. The molecule has 0 aliphatic rings. The number of hydrogen-bond donors (Lipinski definition) is 1. The number of nitrogens with zero attached hydrogens (tertiary/aromatic N) is 5. The van der Waals surface area contributed by atoms with Gasteiger partial charge in [0.2, 0.25) is 0 Å². The maximum absolute atomic E-state index is 5.14. The van der Waals surface area contributed by atoms with Gasteiger partial charge in [0.15, 0.2) is 5.82 Å². The van der Waals surface area contributed by atoms with Crippen LogP contribution in [-0.4, -0.2) is 24.9 Å². The Morgan fingerprint density at radius 3 is 2.58 bits per heavy atom. The summed E-state index contributed by atoms with van der Waals surface area (Å²) in [5.74, 6) is 1.89. The van der Waals surface area contributed by atoms with E-state index in [0.717, 1.165) is 17.9 Å². The van der Waals surface area contributed by atoms with Crippen molar-refractivity contribution in [2.45, 2.75) is 20.0 Å². The number of aryl methyl sites for hydroxylation is 1. The van der Waals surface area contributed by atoms with E-state index < -0.39 is 0 Å². The predicted molar refractivity (Wildman–Crippen MR) is 97.4 cm³/mol. The van der Waals surface area contributed by atoms with Crippen molar-refractivity contribution in [2.24, 2.45) is 0 Å². The minimum atomic E-state index is 0.481. The lowest BCUT2D eigenvalue weighted by molar-refractivity contribution is 0.425. The van der Waals surface area contributed by atoms with Crippen molar-refractivity contribution in [1.82, 2.24) is 24.9 Å². The minimum Gasteiger partial charge on any atom is -0.366 e. The van der Waals surface area contributed by atoms with Crippen molar-refractivity contribution in [3.63, 3.8) is 0 Å². The molecule has 0 aliphatic heterocycles.